The normalized spacial score (nSPS) is 12.4. The first kappa shape index (κ1) is 49.0. The Morgan fingerprint density at radius 2 is 0.843 bits per heavy atom. The average molecular weight is 965 g/mol. The highest BCUT2D eigenvalue weighted by Crippen LogP contribution is 2.42. The molecule has 1 aliphatic carbocycles. The molecular weight excluding hydrogens is 902 g/mol. The number of hydrogen-bond acceptors (Lipinski definition) is 15. The van der Waals surface area contributed by atoms with Crippen molar-refractivity contribution in [3.8, 4) is 23.0 Å². The van der Waals surface area contributed by atoms with Gasteiger partial charge in [-0.3, -0.25) is 0 Å². The third-order valence-corrected chi connectivity index (χ3v) is 11.8. The summed E-state index contributed by atoms with van der Waals surface area (Å²) in [6.45, 7) is 12.6. The predicted octanol–water partition coefficient (Wildman–Crippen LogP) is 11.4. The number of nitrogens with one attached hydrogen (secondary N) is 3. The van der Waals surface area contributed by atoms with E-state index in [2.05, 4.69) is 148 Å². The molecule has 2 heterocycles. The van der Waals surface area contributed by atoms with Crippen molar-refractivity contribution in [3.63, 3.8) is 0 Å². The van der Waals surface area contributed by atoms with E-state index in [9.17, 15) is 0 Å². The molecule has 8 rings (SSSR count). The molecule has 0 aliphatic heterocycles. The highest BCUT2D eigenvalue weighted by atomic mass is 35.5. The van der Waals surface area contributed by atoms with Crippen LogP contribution in [0.25, 0.3) is 0 Å². The highest BCUT2D eigenvalue weighted by Gasteiger charge is 2.24. The molecule has 0 fully saturated rings. The second-order valence-electron chi connectivity index (χ2n) is 17.3. The van der Waals surface area contributed by atoms with Crippen LogP contribution in [0.4, 0.5) is 41.1 Å². The Labute approximate surface area is 415 Å². The molecule has 8 bridgehead atoms. The molecule has 70 heavy (non-hydrogen) atoms. The van der Waals surface area contributed by atoms with E-state index in [-0.39, 0.29) is 29.2 Å². The minimum atomic E-state index is -0.0809. The summed E-state index contributed by atoms with van der Waals surface area (Å²) in [6.07, 6.45) is 5.25. The summed E-state index contributed by atoms with van der Waals surface area (Å²) in [6, 6.07) is 31.1. The van der Waals surface area contributed by atoms with Crippen LogP contribution >= 0.6 is 11.6 Å². The number of nitrogens with two attached hydrogens (primary N) is 2. The number of rotatable bonds is 19. The Bertz CT molecular complexity index is 2780. The fourth-order valence-electron chi connectivity index (χ4n) is 8.60. The van der Waals surface area contributed by atoms with Crippen molar-refractivity contribution in [3.05, 3.63) is 146 Å². The van der Waals surface area contributed by atoms with Gasteiger partial charge in [0.15, 0.2) is 0 Å². The lowest BCUT2D eigenvalue weighted by Crippen LogP contribution is -2.13. The molecule has 0 unspecified atom stereocenters. The van der Waals surface area contributed by atoms with Gasteiger partial charge in [-0.2, -0.15) is 29.9 Å². The van der Waals surface area contributed by atoms with E-state index in [1.807, 2.05) is 18.2 Å². The van der Waals surface area contributed by atoms with E-state index >= 15 is 0 Å². The average Bonchev–Trinajstić information content (AvgIpc) is 3.32. The maximum atomic E-state index is 6.81. The summed E-state index contributed by atoms with van der Waals surface area (Å²) in [4.78, 5) is 26.4. The summed E-state index contributed by atoms with van der Waals surface area (Å²) in [5, 5.41) is 10.3. The molecule has 0 radical (unpaired) electrons. The van der Waals surface area contributed by atoms with Gasteiger partial charge in [0.1, 0.15) is 23.0 Å². The molecule has 0 saturated heterocycles. The van der Waals surface area contributed by atoms with Gasteiger partial charge in [0.25, 0.3) is 0 Å². The largest absolute Gasteiger partial charge is 0.493 e. The number of anilines is 7. The van der Waals surface area contributed by atoms with E-state index < -0.39 is 0 Å². The van der Waals surface area contributed by atoms with E-state index in [0.29, 0.717) is 64.0 Å². The second-order valence-corrected chi connectivity index (χ2v) is 17.7. The second kappa shape index (κ2) is 23.3. The molecule has 2 aromatic heterocycles. The van der Waals surface area contributed by atoms with Gasteiger partial charge >= 0.3 is 0 Å². The third kappa shape index (κ3) is 12.2. The monoisotopic (exact) mass is 963 g/mol. The van der Waals surface area contributed by atoms with Gasteiger partial charge in [-0.15, -0.1) is 0 Å². The number of aromatic nitrogens is 6. The minimum absolute atomic E-state index is 0.00845. The van der Waals surface area contributed by atoms with Crippen molar-refractivity contribution in [2.75, 3.05) is 53.8 Å². The molecule has 15 nitrogen and oxygen atoms in total. The Balaban J connectivity index is 1.31. The van der Waals surface area contributed by atoms with E-state index in [0.717, 1.165) is 110 Å². The van der Waals surface area contributed by atoms with Crippen LogP contribution < -0.4 is 46.4 Å². The van der Waals surface area contributed by atoms with Crippen LogP contribution in [0.15, 0.2) is 91.0 Å². The van der Waals surface area contributed by atoms with Crippen LogP contribution in [-0.4, -0.2) is 56.3 Å². The first-order valence-corrected chi connectivity index (χ1v) is 24.6. The van der Waals surface area contributed by atoms with Gasteiger partial charge in [0, 0.05) is 59.3 Å². The van der Waals surface area contributed by atoms with Gasteiger partial charge in [-0.05, 0) is 96.3 Å². The summed E-state index contributed by atoms with van der Waals surface area (Å²) in [5.41, 5.74) is 22.8. The van der Waals surface area contributed by atoms with Crippen LogP contribution in [0.2, 0.25) is 5.28 Å². The topological polar surface area (TPSA) is 202 Å². The fraction of sp³-hybridized carbons (Fsp3) is 0.333. The fourth-order valence-corrected chi connectivity index (χ4v) is 8.77. The van der Waals surface area contributed by atoms with Gasteiger partial charge < -0.3 is 46.4 Å². The lowest BCUT2D eigenvalue weighted by molar-refractivity contribution is 0.304. The van der Waals surface area contributed by atoms with E-state index in [1.54, 1.807) is 0 Å². The van der Waals surface area contributed by atoms with Crippen molar-refractivity contribution in [2.24, 2.45) is 0 Å². The zero-order chi connectivity index (χ0) is 49.0. The lowest BCUT2D eigenvalue weighted by Gasteiger charge is -2.24. The molecule has 1 aliphatic rings. The van der Waals surface area contributed by atoms with Crippen molar-refractivity contribution in [2.45, 2.75) is 92.0 Å². The standard InChI is InChI=1S/C54H62ClN11O4/c1-6-21-67-45-35-17-13-19-37(45)27-41-31-44(60-54-65-51(57)64-52(66-54)58-33(5)34-15-11-10-12-16-34)32-42(48(41)70-24-9-4)28-38-20-14-18-36(46(38)68-22-7-2)26-40-30-43(29-39(25-35)47(40)69-23-8-3)59-53-62-49(55)61-50(56)63-53/h10-20,29-33H,6-9,21-28H2,1-5H3,(H3,56,59,61,62,63)(H4,57,58,60,64,65,66)/t33-/m1/s1. The molecule has 0 spiro atoms. The van der Waals surface area contributed by atoms with E-state index in [4.69, 9.17) is 47.0 Å². The first-order chi connectivity index (χ1) is 34.1. The van der Waals surface area contributed by atoms with Gasteiger partial charge in [0.2, 0.25) is 35.0 Å². The van der Waals surface area contributed by atoms with Crippen molar-refractivity contribution >= 4 is 52.7 Å². The number of benzene rings is 5. The van der Waals surface area contributed by atoms with Crippen molar-refractivity contribution in [1.29, 1.82) is 0 Å². The highest BCUT2D eigenvalue weighted by molar-refractivity contribution is 6.28. The van der Waals surface area contributed by atoms with Crippen LogP contribution in [0.3, 0.4) is 0 Å². The van der Waals surface area contributed by atoms with Gasteiger partial charge in [-0.1, -0.05) is 94.4 Å². The maximum absolute atomic E-state index is 6.81. The Kier molecular flexibility index (Phi) is 16.3. The number of halogens is 1. The molecule has 5 aromatic carbocycles. The van der Waals surface area contributed by atoms with Crippen LogP contribution in [0.1, 0.15) is 116 Å². The lowest BCUT2D eigenvalue weighted by atomic mass is 9.90. The summed E-state index contributed by atoms with van der Waals surface area (Å²) in [7, 11) is 0. The minimum Gasteiger partial charge on any atom is -0.493 e. The third-order valence-electron chi connectivity index (χ3n) is 11.6. The van der Waals surface area contributed by atoms with Gasteiger partial charge in [-0.25, -0.2) is 0 Å². The molecule has 0 saturated carbocycles. The van der Waals surface area contributed by atoms with Crippen LogP contribution in [0, 0.1) is 0 Å². The zero-order valence-electron chi connectivity index (χ0n) is 40.6. The Morgan fingerprint density at radius 1 is 0.471 bits per heavy atom. The predicted molar refractivity (Wildman–Crippen MR) is 279 cm³/mol. The molecule has 364 valence electrons. The van der Waals surface area contributed by atoms with Gasteiger partial charge in [0.05, 0.1) is 32.5 Å². The first-order valence-electron chi connectivity index (χ1n) is 24.2. The molecule has 16 heteroatoms. The van der Waals surface area contributed by atoms with Crippen molar-refractivity contribution < 1.29 is 18.9 Å². The van der Waals surface area contributed by atoms with Crippen LogP contribution in [0.5, 0.6) is 23.0 Å². The number of para-hydroxylation sites is 2. The molecular formula is C54H62ClN11O4. The Hall–Kier alpha value is -7.39. The number of nitrogens with zero attached hydrogens (tertiary/aromatic N) is 6. The zero-order valence-corrected chi connectivity index (χ0v) is 41.3. The number of nitrogen functional groups attached to an aromatic ring is 2. The molecule has 0 amide bonds. The Morgan fingerprint density at radius 3 is 1.24 bits per heavy atom. The summed E-state index contributed by atoms with van der Waals surface area (Å²) in [5.74, 6) is 4.22. The SMILES string of the molecule is CCCOc1c2cccc1Cc1cc(Nc3nc(N)nc(N[C@H](C)c4ccccc4)n3)cc(c1OCCC)Cc1cccc(c1OCCC)Cc1cc(Nc3nc(N)nc(Cl)n3)cc(c1OCCC)C2. The number of fused-ring (bicyclic) bond motifs is 8. The van der Waals surface area contributed by atoms with E-state index in [1.165, 1.54) is 0 Å². The number of ether oxygens (including phenoxy) is 4. The summed E-state index contributed by atoms with van der Waals surface area (Å²) >= 11 is 6.26. The quantitative estimate of drug-likeness (QED) is 0.0512. The number of hydrogen-bond donors (Lipinski definition) is 5. The smallest absolute Gasteiger partial charge is 0.233 e. The molecule has 7 N–H and O–H groups in total. The maximum Gasteiger partial charge on any atom is 0.233 e. The molecule has 7 aromatic rings. The van der Waals surface area contributed by atoms with Crippen molar-refractivity contribution in [1.82, 2.24) is 29.9 Å². The summed E-state index contributed by atoms with van der Waals surface area (Å²) < 4.78 is 27.1. The molecule has 1 atom stereocenters. The van der Waals surface area contributed by atoms with Crippen LogP contribution in [-0.2, 0) is 25.7 Å².